The van der Waals surface area contributed by atoms with Gasteiger partial charge in [0.25, 0.3) is 0 Å². The zero-order chi connectivity index (χ0) is 10.9. The van der Waals surface area contributed by atoms with Gasteiger partial charge < -0.3 is 24.8 Å². The number of aliphatic hydroxyl groups excluding tert-OH is 3. The Morgan fingerprint density at radius 2 is 1.79 bits per heavy atom. The lowest BCUT2D eigenvalue weighted by molar-refractivity contribution is -0.271. The van der Waals surface area contributed by atoms with Crippen LogP contribution in [0.4, 0.5) is 0 Å². The lowest BCUT2D eigenvalue weighted by atomic mass is 10.0. The molecular formula is C8H14O5S. The van der Waals surface area contributed by atoms with Crippen LogP contribution in [0.2, 0.25) is 0 Å². The molecule has 82 valence electrons. The number of aliphatic hydroxyl groups is 3. The Morgan fingerprint density at radius 1 is 1.21 bits per heavy atom. The van der Waals surface area contributed by atoms with E-state index in [1.54, 1.807) is 6.92 Å². The molecule has 0 aromatic rings. The Balaban J connectivity index is 2.65. The first-order valence-electron chi connectivity index (χ1n) is 4.30. The van der Waals surface area contributed by atoms with Crippen molar-refractivity contribution < 1.29 is 24.8 Å². The molecule has 0 radical (unpaired) electrons. The fourth-order valence-electron chi connectivity index (χ4n) is 1.27. The maximum Gasteiger partial charge on any atom is 0.229 e. The van der Waals surface area contributed by atoms with E-state index in [2.05, 4.69) is 12.2 Å². The third-order valence-electron chi connectivity index (χ3n) is 2.09. The van der Waals surface area contributed by atoms with Crippen molar-refractivity contribution in [3.63, 3.8) is 0 Å². The molecule has 0 aromatic carbocycles. The second-order valence-electron chi connectivity index (χ2n) is 3.29. The smallest absolute Gasteiger partial charge is 0.229 e. The summed E-state index contributed by atoms with van der Waals surface area (Å²) in [5.41, 5.74) is 0. The first-order chi connectivity index (χ1) is 6.43. The van der Waals surface area contributed by atoms with E-state index < -0.39 is 30.7 Å². The van der Waals surface area contributed by atoms with Crippen molar-refractivity contribution in [1.82, 2.24) is 0 Å². The minimum Gasteiger partial charge on any atom is -0.456 e. The number of hydrogen-bond acceptors (Lipinski definition) is 6. The van der Waals surface area contributed by atoms with Crippen LogP contribution < -0.4 is 0 Å². The zero-order valence-corrected chi connectivity index (χ0v) is 8.77. The van der Waals surface area contributed by atoms with E-state index in [1.807, 2.05) is 0 Å². The summed E-state index contributed by atoms with van der Waals surface area (Å²) in [4.78, 5) is 0. The third-order valence-corrected chi connectivity index (χ3v) is 2.19. The lowest BCUT2D eigenvalue weighted by Gasteiger charge is -2.38. The summed E-state index contributed by atoms with van der Waals surface area (Å²) < 4.78 is 10.1. The molecule has 1 heterocycles. The molecule has 1 fully saturated rings. The van der Waals surface area contributed by atoms with Crippen LogP contribution in [-0.2, 0) is 9.47 Å². The predicted octanol–water partition coefficient (Wildman–Crippen LogP) is -0.822. The average molecular weight is 222 g/mol. The summed E-state index contributed by atoms with van der Waals surface area (Å²) in [7, 11) is 0. The Labute approximate surface area is 87.3 Å². The van der Waals surface area contributed by atoms with Gasteiger partial charge in [0, 0.05) is 6.92 Å². The van der Waals surface area contributed by atoms with Gasteiger partial charge in [0.2, 0.25) is 6.29 Å². The van der Waals surface area contributed by atoms with Gasteiger partial charge >= 0.3 is 0 Å². The predicted molar refractivity (Wildman–Crippen MR) is 51.7 cm³/mol. The molecule has 0 saturated carbocycles. The van der Waals surface area contributed by atoms with Gasteiger partial charge in [-0.1, -0.05) is 0 Å². The zero-order valence-electron chi connectivity index (χ0n) is 7.95. The molecule has 0 bridgehead atoms. The van der Waals surface area contributed by atoms with Crippen LogP contribution >= 0.6 is 12.2 Å². The highest BCUT2D eigenvalue weighted by molar-refractivity contribution is 7.80. The summed E-state index contributed by atoms with van der Waals surface area (Å²) in [6, 6.07) is 0. The van der Waals surface area contributed by atoms with Crippen LogP contribution in [-0.4, -0.2) is 51.1 Å². The average Bonchev–Trinajstić information content (AvgIpc) is 2.10. The molecule has 14 heavy (non-hydrogen) atoms. The molecule has 5 atom stereocenters. The molecule has 1 aliphatic rings. The van der Waals surface area contributed by atoms with E-state index in [0.717, 1.165) is 0 Å². The van der Waals surface area contributed by atoms with E-state index in [-0.39, 0.29) is 5.05 Å². The fraction of sp³-hybridized carbons (Fsp3) is 0.875. The van der Waals surface area contributed by atoms with Gasteiger partial charge in [0.15, 0.2) is 5.05 Å². The number of ether oxygens (including phenoxy) is 2. The highest BCUT2D eigenvalue weighted by atomic mass is 32.1. The van der Waals surface area contributed by atoms with Crippen molar-refractivity contribution in [3.8, 4) is 0 Å². The summed E-state index contributed by atoms with van der Waals surface area (Å²) in [6.45, 7) is 3.11. The van der Waals surface area contributed by atoms with Gasteiger partial charge in [-0.3, -0.25) is 0 Å². The molecule has 5 nitrogen and oxygen atoms in total. The Kier molecular flexibility index (Phi) is 3.79. The summed E-state index contributed by atoms with van der Waals surface area (Å²) in [6.07, 6.45) is -5.30. The Bertz CT molecular complexity index is 222. The van der Waals surface area contributed by atoms with Crippen LogP contribution in [0.25, 0.3) is 0 Å². The standard InChI is InChI=1S/C8H14O5S/c1-3-5(9)6(10)7(11)8(12-3)13-4(2)14/h3,5-11H,1-2H3/t3-,5+,6+,7-,8?/m0/s1. The molecule has 0 spiro atoms. The van der Waals surface area contributed by atoms with Crippen molar-refractivity contribution in [2.75, 3.05) is 0 Å². The molecular weight excluding hydrogens is 208 g/mol. The Hall–Kier alpha value is -0.270. The molecule has 1 aliphatic heterocycles. The maximum absolute atomic E-state index is 9.45. The molecule has 0 aromatic heterocycles. The van der Waals surface area contributed by atoms with Gasteiger partial charge in [-0.2, -0.15) is 0 Å². The largest absolute Gasteiger partial charge is 0.456 e. The van der Waals surface area contributed by atoms with Crippen molar-refractivity contribution in [2.24, 2.45) is 0 Å². The number of hydrogen-bond donors (Lipinski definition) is 3. The van der Waals surface area contributed by atoms with Crippen LogP contribution in [0.15, 0.2) is 0 Å². The fourth-order valence-corrected chi connectivity index (χ4v) is 1.37. The summed E-state index contributed by atoms with van der Waals surface area (Å²) in [5.74, 6) is 0. The van der Waals surface area contributed by atoms with Gasteiger partial charge in [0.1, 0.15) is 18.3 Å². The highest BCUT2D eigenvalue weighted by Crippen LogP contribution is 2.21. The van der Waals surface area contributed by atoms with Crippen molar-refractivity contribution in [3.05, 3.63) is 0 Å². The maximum atomic E-state index is 9.45. The number of thiocarbonyl (C=S) groups is 1. The monoisotopic (exact) mass is 222 g/mol. The summed E-state index contributed by atoms with van der Waals surface area (Å²) >= 11 is 4.68. The van der Waals surface area contributed by atoms with E-state index in [9.17, 15) is 15.3 Å². The van der Waals surface area contributed by atoms with Crippen LogP contribution in [0, 0.1) is 0 Å². The molecule has 1 unspecified atom stereocenters. The quantitative estimate of drug-likeness (QED) is 0.503. The van der Waals surface area contributed by atoms with E-state index >= 15 is 0 Å². The summed E-state index contributed by atoms with van der Waals surface area (Å²) in [5, 5.41) is 28.4. The van der Waals surface area contributed by atoms with Crippen molar-refractivity contribution >= 4 is 17.3 Å². The highest BCUT2D eigenvalue weighted by Gasteiger charge is 2.43. The normalized spacial score (nSPS) is 43.4. The first kappa shape index (κ1) is 11.8. The molecule has 0 aliphatic carbocycles. The molecule has 1 saturated heterocycles. The first-order valence-corrected chi connectivity index (χ1v) is 4.71. The van der Waals surface area contributed by atoms with Crippen molar-refractivity contribution in [1.29, 1.82) is 0 Å². The lowest BCUT2D eigenvalue weighted by Crippen LogP contribution is -2.57. The SMILES string of the molecule is CC(=S)OC1O[C@@H](C)[C@@H](O)[C@@H](O)[C@@H]1O. The van der Waals surface area contributed by atoms with Gasteiger partial charge in [-0.25, -0.2) is 0 Å². The van der Waals surface area contributed by atoms with Gasteiger partial charge in [-0.15, -0.1) is 0 Å². The molecule has 0 amide bonds. The van der Waals surface area contributed by atoms with Crippen LogP contribution in [0.1, 0.15) is 13.8 Å². The Morgan fingerprint density at radius 3 is 2.29 bits per heavy atom. The number of rotatable bonds is 1. The van der Waals surface area contributed by atoms with E-state index in [0.29, 0.717) is 0 Å². The van der Waals surface area contributed by atoms with E-state index in [1.165, 1.54) is 6.92 Å². The topological polar surface area (TPSA) is 79.2 Å². The van der Waals surface area contributed by atoms with Crippen LogP contribution in [0.3, 0.4) is 0 Å². The molecule has 3 N–H and O–H groups in total. The van der Waals surface area contributed by atoms with Crippen LogP contribution in [0.5, 0.6) is 0 Å². The molecule has 1 rings (SSSR count). The second-order valence-corrected chi connectivity index (χ2v) is 3.87. The minimum absolute atomic E-state index is 0.213. The minimum atomic E-state index is -1.29. The van der Waals surface area contributed by atoms with Gasteiger partial charge in [-0.05, 0) is 19.1 Å². The van der Waals surface area contributed by atoms with Crippen molar-refractivity contribution in [2.45, 2.75) is 44.6 Å². The second kappa shape index (κ2) is 4.50. The third kappa shape index (κ3) is 2.40. The van der Waals surface area contributed by atoms with Gasteiger partial charge in [0.05, 0.1) is 6.10 Å². The molecule has 6 heteroatoms. The van der Waals surface area contributed by atoms with E-state index in [4.69, 9.17) is 9.47 Å².